The summed E-state index contributed by atoms with van der Waals surface area (Å²) in [4.78, 5) is 0. The summed E-state index contributed by atoms with van der Waals surface area (Å²) in [5.41, 5.74) is 0. The molecule has 0 aliphatic carbocycles. The third kappa shape index (κ3) is 10.6. The zero-order valence-electron chi connectivity index (χ0n) is 7.97. The van der Waals surface area contributed by atoms with Crippen LogP contribution in [0.2, 0.25) is 4.71 Å². The molecular weight excluding hydrogens is 195 g/mol. The van der Waals surface area contributed by atoms with Crippen molar-refractivity contribution in [1.82, 2.24) is 0 Å². The van der Waals surface area contributed by atoms with Gasteiger partial charge in [-0.25, -0.2) is 0 Å². The van der Waals surface area contributed by atoms with Gasteiger partial charge >= 0.3 is 80.4 Å². The van der Waals surface area contributed by atoms with E-state index in [1.165, 1.54) is 44.9 Å². The number of unbranched alkanes of at least 4 members (excludes halogenated alkanes) is 5. The summed E-state index contributed by atoms with van der Waals surface area (Å²) in [6, 6.07) is 0. The minimum atomic E-state index is 0.841. The second-order valence-electron chi connectivity index (χ2n) is 3.41. The van der Waals surface area contributed by atoms with Crippen molar-refractivity contribution in [3.8, 4) is 0 Å². The first-order valence-corrected chi connectivity index (χ1v) is 6.03. The number of hydrogen-bond acceptors (Lipinski definition) is 0. The molecule has 1 atom stereocenters. The van der Waals surface area contributed by atoms with E-state index in [4.69, 9.17) is 0 Å². The van der Waals surface area contributed by atoms with Crippen LogP contribution in [-0.4, -0.2) is 16.9 Å². The van der Waals surface area contributed by atoms with Crippen LogP contribution in [0.5, 0.6) is 0 Å². The maximum absolute atomic E-state index is 2.73. The van der Waals surface area contributed by atoms with Crippen molar-refractivity contribution >= 4 is 16.9 Å². The van der Waals surface area contributed by atoms with Crippen molar-refractivity contribution in [2.45, 2.75) is 63.5 Å². The van der Waals surface area contributed by atoms with Crippen molar-refractivity contribution in [3.63, 3.8) is 0 Å². The Bertz CT molecular complexity index is 69.3. The van der Waals surface area contributed by atoms with E-state index in [0.29, 0.717) is 0 Å². The van der Waals surface area contributed by atoms with Gasteiger partial charge in [-0.05, 0) is 0 Å². The molecule has 0 aromatic heterocycles. The van der Waals surface area contributed by atoms with Crippen molar-refractivity contribution in [2.24, 2.45) is 0 Å². The Labute approximate surface area is 80.6 Å². The summed E-state index contributed by atoms with van der Waals surface area (Å²) < 4.78 is 0.841. The van der Waals surface area contributed by atoms with E-state index < -0.39 is 0 Å². The third-order valence-corrected chi connectivity index (χ3v) is 2.52. The minimum absolute atomic E-state index is 0.841. The predicted octanol–water partition coefficient (Wildman–Crippen LogP) is 3.71. The van der Waals surface area contributed by atoms with Crippen LogP contribution in [-0.2, 0) is 0 Å². The fraction of sp³-hybridized carbons (Fsp3) is 1.00. The molecule has 0 saturated heterocycles. The van der Waals surface area contributed by atoms with Crippen LogP contribution in [0.4, 0.5) is 0 Å². The van der Waals surface area contributed by atoms with Crippen molar-refractivity contribution in [1.29, 1.82) is 0 Å². The summed E-state index contributed by atoms with van der Waals surface area (Å²) in [5.74, 6) is 0. The fourth-order valence-electron chi connectivity index (χ4n) is 1.22. The van der Waals surface area contributed by atoms with Crippen LogP contribution in [0.1, 0.15) is 58.8 Å². The van der Waals surface area contributed by atoms with Gasteiger partial charge in [0.1, 0.15) is 0 Å². The van der Waals surface area contributed by atoms with Crippen molar-refractivity contribution in [2.75, 3.05) is 0 Å². The monoisotopic (exact) mass is 216 g/mol. The molecular formula is C10H21As. The maximum atomic E-state index is 2.73. The molecule has 0 heterocycles. The molecule has 0 nitrogen and oxygen atoms in total. The van der Waals surface area contributed by atoms with Crippen LogP contribution in [0.15, 0.2) is 0 Å². The molecule has 0 aromatic rings. The van der Waals surface area contributed by atoms with E-state index in [-0.39, 0.29) is 0 Å². The van der Waals surface area contributed by atoms with Gasteiger partial charge in [-0.3, -0.25) is 0 Å². The van der Waals surface area contributed by atoms with Crippen LogP contribution < -0.4 is 0 Å². The molecule has 0 N–H and O–H groups in total. The molecule has 11 heavy (non-hydrogen) atoms. The Balaban J connectivity index is 2.80. The molecule has 0 rings (SSSR count). The molecule has 0 saturated carbocycles. The topological polar surface area (TPSA) is 0 Å². The Hall–Kier alpha value is 0.558. The van der Waals surface area contributed by atoms with Gasteiger partial charge in [0, 0.05) is 0 Å². The van der Waals surface area contributed by atoms with Gasteiger partial charge in [0.25, 0.3) is 0 Å². The normalized spacial score (nSPS) is 13.4. The van der Waals surface area contributed by atoms with Crippen LogP contribution in [0.25, 0.3) is 0 Å². The summed E-state index contributed by atoms with van der Waals surface area (Å²) in [7, 11) is 0. The van der Waals surface area contributed by atoms with Gasteiger partial charge in [0.2, 0.25) is 0 Å². The molecule has 0 aliphatic heterocycles. The Morgan fingerprint density at radius 1 is 1.00 bits per heavy atom. The van der Waals surface area contributed by atoms with Gasteiger partial charge < -0.3 is 0 Å². The molecule has 66 valence electrons. The molecule has 0 amide bonds. The first kappa shape index (κ1) is 11.6. The standard InChI is InChI=1S/C10H21As/c1-3-4-5-6-7-8-9-10(2)11/h10H,3-9H2,1-2H3. The number of hydrogen-bond donors (Lipinski definition) is 0. The second kappa shape index (κ2) is 8.65. The average molecular weight is 216 g/mol. The van der Waals surface area contributed by atoms with Crippen molar-refractivity contribution in [3.05, 3.63) is 0 Å². The fourth-order valence-corrected chi connectivity index (χ4v) is 1.60. The molecule has 2 radical (unpaired) electrons. The van der Waals surface area contributed by atoms with Gasteiger partial charge in [0.05, 0.1) is 0 Å². The predicted molar refractivity (Wildman–Crippen MR) is 53.2 cm³/mol. The molecule has 0 aromatic carbocycles. The summed E-state index contributed by atoms with van der Waals surface area (Å²) in [5, 5.41) is 0. The van der Waals surface area contributed by atoms with Gasteiger partial charge in [-0.2, -0.15) is 0 Å². The van der Waals surface area contributed by atoms with Gasteiger partial charge in [-0.15, -0.1) is 0 Å². The average Bonchev–Trinajstić information content (AvgIpc) is 1.96. The Kier molecular flexibility index (Phi) is 9.09. The molecule has 1 heteroatoms. The molecule has 0 aliphatic rings. The Morgan fingerprint density at radius 3 is 2.09 bits per heavy atom. The van der Waals surface area contributed by atoms with Gasteiger partial charge in [0.15, 0.2) is 0 Å². The summed E-state index contributed by atoms with van der Waals surface area (Å²) >= 11 is 2.73. The van der Waals surface area contributed by atoms with Crippen LogP contribution in [0.3, 0.4) is 0 Å². The van der Waals surface area contributed by atoms with E-state index in [0.717, 1.165) is 4.71 Å². The zero-order valence-corrected chi connectivity index (χ0v) is 9.85. The van der Waals surface area contributed by atoms with Gasteiger partial charge in [-0.1, -0.05) is 0 Å². The molecule has 0 bridgehead atoms. The van der Waals surface area contributed by atoms with E-state index in [1.54, 1.807) is 0 Å². The van der Waals surface area contributed by atoms with Crippen LogP contribution >= 0.6 is 0 Å². The van der Waals surface area contributed by atoms with E-state index in [9.17, 15) is 0 Å². The van der Waals surface area contributed by atoms with Crippen LogP contribution in [0, 0.1) is 0 Å². The van der Waals surface area contributed by atoms with E-state index >= 15 is 0 Å². The van der Waals surface area contributed by atoms with Crippen molar-refractivity contribution < 1.29 is 0 Å². The number of rotatable bonds is 7. The second-order valence-corrected chi connectivity index (χ2v) is 5.26. The molecule has 1 unspecified atom stereocenters. The molecule has 0 spiro atoms. The summed E-state index contributed by atoms with van der Waals surface area (Å²) in [6.07, 6.45) is 9.96. The van der Waals surface area contributed by atoms with E-state index in [2.05, 4.69) is 30.7 Å². The van der Waals surface area contributed by atoms with E-state index in [1.807, 2.05) is 0 Å². The zero-order chi connectivity index (χ0) is 8.53. The Morgan fingerprint density at radius 2 is 1.55 bits per heavy atom. The first-order valence-electron chi connectivity index (χ1n) is 4.95. The third-order valence-electron chi connectivity index (χ3n) is 1.98. The quantitative estimate of drug-likeness (QED) is 0.449. The first-order chi connectivity index (χ1) is 5.27. The summed E-state index contributed by atoms with van der Waals surface area (Å²) in [6.45, 7) is 4.55. The SMILES string of the molecule is CCCCCCCCC(C)[As]. The molecule has 0 fully saturated rings.